The molecule has 0 amide bonds. The van der Waals surface area contributed by atoms with Crippen molar-refractivity contribution in [3.8, 4) is 0 Å². The second-order valence-electron chi connectivity index (χ2n) is 2.45. The molecule has 0 aliphatic carbocycles. The normalized spacial score (nSPS) is 8.00. The number of aromatic amines is 2. The molecule has 0 aliphatic heterocycles. The zero-order valence-electron chi connectivity index (χ0n) is 10.6. The average molecular weight is 273 g/mol. The van der Waals surface area contributed by atoms with E-state index in [1.54, 1.807) is 24.3 Å². The number of rotatable bonds is 0. The van der Waals surface area contributed by atoms with Crippen LogP contribution in [0, 0.1) is 0 Å². The maximum atomic E-state index is 11.1. The summed E-state index contributed by atoms with van der Waals surface area (Å²) in [5.74, 6) is 0. The Hall–Kier alpha value is -1.26. The van der Waals surface area contributed by atoms with Gasteiger partial charge in [0.15, 0.2) is 0 Å². The van der Waals surface area contributed by atoms with Crippen LogP contribution in [-0.4, -0.2) is 10.2 Å². The van der Waals surface area contributed by atoms with Gasteiger partial charge in [0.1, 0.15) is 0 Å². The predicted octanol–water partition coefficient (Wildman–Crippen LogP) is 2.27. The van der Waals surface area contributed by atoms with Gasteiger partial charge in [-0.25, -0.2) is 0 Å². The Morgan fingerprint density at radius 2 is 1.06 bits per heavy atom. The van der Waals surface area contributed by atoms with Crippen molar-refractivity contribution in [2.75, 3.05) is 0 Å². The Bertz CT molecular complexity index is 483. The molecule has 17 heavy (non-hydrogen) atoms. The molecule has 0 aliphatic rings. The van der Waals surface area contributed by atoms with Gasteiger partial charge in [0.05, 0.1) is 10.8 Å². The standard InChI is InChI=1S/C8H6N2O2.2C2H6.V/c11-7-5-3-1-2-4-6(5)8(12)10-9-7;2*1-2;/h1-4H,(H,9,11)(H,10,12);2*1-2H3;. The van der Waals surface area contributed by atoms with Gasteiger partial charge >= 0.3 is 0 Å². The number of hydrogen-bond acceptors (Lipinski definition) is 2. The summed E-state index contributed by atoms with van der Waals surface area (Å²) in [6.07, 6.45) is 0. The first-order valence-electron chi connectivity index (χ1n) is 5.49. The van der Waals surface area contributed by atoms with Crippen molar-refractivity contribution in [2.45, 2.75) is 27.7 Å². The minimum Gasteiger partial charge on any atom is -0.267 e. The van der Waals surface area contributed by atoms with Gasteiger partial charge in [0.2, 0.25) is 0 Å². The molecule has 93 valence electrons. The van der Waals surface area contributed by atoms with Crippen molar-refractivity contribution in [3.05, 3.63) is 45.0 Å². The number of benzene rings is 1. The van der Waals surface area contributed by atoms with Crippen LogP contribution in [0.3, 0.4) is 0 Å². The summed E-state index contributed by atoms with van der Waals surface area (Å²) in [7, 11) is 0. The summed E-state index contributed by atoms with van der Waals surface area (Å²) >= 11 is 0. The van der Waals surface area contributed by atoms with Crippen LogP contribution in [0.25, 0.3) is 10.8 Å². The third kappa shape index (κ3) is 4.63. The molecule has 0 atom stereocenters. The monoisotopic (exact) mass is 273 g/mol. The average Bonchev–Trinajstić information content (AvgIpc) is 2.39. The molecule has 1 heterocycles. The van der Waals surface area contributed by atoms with Crippen molar-refractivity contribution in [1.82, 2.24) is 10.2 Å². The topological polar surface area (TPSA) is 65.7 Å². The predicted molar refractivity (Wildman–Crippen MR) is 67.9 cm³/mol. The second kappa shape index (κ2) is 9.93. The van der Waals surface area contributed by atoms with Crippen LogP contribution < -0.4 is 11.1 Å². The molecule has 2 N–H and O–H groups in total. The Morgan fingerprint density at radius 1 is 0.765 bits per heavy atom. The van der Waals surface area contributed by atoms with Crippen molar-refractivity contribution in [1.29, 1.82) is 0 Å². The first-order chi connectivity index (χ1) is 7.79. The van der Waals surface area contributed by atoms with Crippen LogP contribution in [0.5, 0.6) is 0 Å². The summed E-state index contributed by atoms with van der Waals surface area (Å²) in [6.45, 7) is 8.00. The molecule has 0 fully saturated rings. The SMILES string of the molecule is CC.CC.O=c1[nH][nH]c(=O)c2ccccc12.[V]. The Morgan fingerprint density at radius 3 is 1.35 bits per heavy atom. The molecule has 0 bridgehead atoms. The van der Waals surface area contributed by atoms with Crippen LogP contribution in [-0.2, 0) is 18.6 Å². The van der Waals surface area contributed by atoms with E-state index in [1.165, 1.54) is 0 Å². The van der Waals surface area contributed by atoms with E-state index >= 15 is 0 Å². The molecule has 0 spiro atoms. The Balaban J connectivity index is 0. The van der Waals surface area contributed by atoms with Crippen LogP contribution in [0.2, 0.25) is 0 Å². The number of hydrogen-bond donors (Lipinski definition) is 2. The van der Waals surface area contributed by atoms with Crippen LogP contribution in [0.1, 0.15) is 27.7 Å². The minimum atomic E-state index is -0.273. The zero-order chi connectivity index (χ0) is 12.6. The number of H-pyrrole nitrogens is 2. The van der Waals surface area contributed by atoms with E-state index in [9.17, 15) is 9.59 Å². The molecule has 0 saturated carbocycles. The van der Waals surface area contributed by atoms with E-state index in [2.05, 4.69) is 10.2 Å². The third-order valence-electron chi connectivity index (χ3n) is 1.71. The fourth-order valence-corrected chi connectivity index (χ4v) is 1.13. The molecule has 0 unspecified atom stereocenters. The van der Waals surface area contributed by atoms with Crippen LogP contribution >= 0.6 is 0 Å². The van der Waals surface area contributed by atoms with Gasteiger partial charge in [-0.05, 0) is 12.1 Å². The van der Waals surface area contributed by atoms with Gasteiger partial charge in [0, 0.05) is 18.6 Å². The van der Waals surface area contributed by atoms with Crippen molar-refractivity contribution in [3.63, 3.8) is 0 Å². The quantitative estimate of drug-likeness (QED) is 0.773. The van der Waals surface area contributed by atoms with Gasteiger partial charge in [-0.2, -0.15) is 0 Å². The summed E-state index contributed by atoms with van der Waals surface area (Å²) in [5, 5.41) is 5.33. The van der Waals surface area contributed by atoms with Gasteiger partial charge in [-0.15, -0.1) is 0 Å². The van der Waals surface area contributed by atoms with E-state index in [-0.39, 0.29) is 29.7 Å². The van der Waals surface area contributed by atoms with E-state index in [1.807, 2.05) is 27.7 Å². The summed E-state index contributed by atoms with van der Waals surface area (Å²) in [4.78, 5) is 22.2. The fraction of sp³-hybridized carbons (Fsp3) is 0.333. The first-order valence-corrected chi connectivity index (χ1v) is 5.49. The maximum absolute atomic E-state index is 11.1. The molecule has 5 heteroatoms. The molecule has 1 aromatic heterocycles. The van der Waals surface area contributed by atoms with Crippen LogP contribution in [0.15, 0.2) is 33.9 Å². The smallest absolute Gasteiger partial charge is 0.267 e. The van der Waals surface area contributed by atoms with E-state index in [0.717, 1.165) is 0 Å². The van der Waals surface area contributed by atoms with E-state index in [4.69, 9.17) is 0 Å². The summed E-state index contributed by atoms with van der Waals surface area (Å²) in [6, 6.07) is 6.67. The second-order valence-corrected chi connectivity index (χ2v) is 2.45. The molecule has 1 radical (unpaired) electrons. The van der Waals surface area contributed by atoms with Crippen molar-refractivity contribution in [2.24, 2.45) is 0 Å². The van der Waals surface area contributed by atoms with Crippen molar-refractivity contribution < 1.29 is 18.6 Å². The number of fused-ring (bicyclic) bond motifs is 1. The van der Waals surface area contributed by atoms with E-state index < -0.39 is 0 Å². The third-order valence-corrected chi connectivity index (χ3v) is 1.71. The molecule has 1 aromatic carbocycles. The molecular formula is C12H18N2O2V. The molecule has 4 nitrogen and oxygen atoms in total. The Kier molecular flexibility index (Phi) is 10.6. The molecule has 2 aromatic rings. The van der Waals surface area contributed by atoms with Gasteiger partial charge in [-0.1, -0.05) is 39.8 Å². The minimum absolute atomic E-state index is 0. The number of aromatic nitrogens is 2. The van der Waals surface area contributed by atoms with Crippen molar-refractivity contribution >= 4 is 10.8 Å². The summed E-state index contributed by atoms with van der Waals surface area (Å²) in [5.41, 5.74) is -0.546. The fourth-order valence-electron chi connectivity index (χ4n) is 1.13. The first kappa shape index (κ1) is 18.1. The van der Waals surface area contributed by atoms with E-state index in [0.29, 0.717) is 10.8 Å². The van der Waals surface area contributed by atoms with Gasteiger partial charge < -0.3 is 0 Å². The summed E-state index contributed by atoms with van der Waals surface area (Å²) < 4.78 is 0. The Labute approximate surface area is 112 Å². The zero-order valence-corrected chi connectivity index (χ0v) is 12.0. The molecule has 0 saturated heterocycles. The van der Waals surface area contributed by atoms with Crippen LogP contribution in [0.4, 0.5) is 0 Å². The molecule has 2 rings (SSSR count). The molecular weight excluding hydrogens is 255 g/mol. The largest absolute Gasteiger partial charge is 0.270 e. The number of nitrogens with one attached hydrogen (secondary N) is 2. The maximum Gasteiger partial charge on any atom is 0.270 e. The van der Waals surface area contributed by atoms with Gasteiger partial charge in [0.25, 0.3) is 11.1 Å². The van der Waals surface area contributed by atoms with Gasteiger partial charge in [-0.3, -0.25) is 19.8 Å².